The second-order valence-electron chi connectivity index (χ2n) is 25.2. The third-order valence-corrected chi connectivity index (χ3v) is 17.5. The molecule has 0 aromatic rings. The van der Waals surface area contributed by atoms with Crippen molar-refractivity contribution < 1.29 is 80.2 Å². The number of carbonyl (C=O) groups is 4. The standard InChI is InChI=1S/C81H136O17P2/c1-5-9-13-17-21-25-29-32-34-36-37-39-40-43-47-50-54-58-62-66-79(84)92-72-77(98-81(86)68-64-60-56-52-48-44-41-38-35-33-30-26-22-18-14-10-6-2)74-96-100(89,90)94-70-75(82)69-93-99(87,88)95-73-76(97-80(85)67-63-59-55-51-45-28-24-20-16-12-8-4)71-91-78(83)65-61-57-53-49-46-42-31-27-23-19-15-11-7-3/h9-10,13-15,19,21-22,25-27,31-35,37,39,43,47,54,58,75-77,82H,5-8,11-12,16-18,20,23-24,28-30,36,38,40-42,44-46,48-53,55-57,59-74H2,1-4H3,(H,87,88)(H,89,90)/b13-9-,14-10-,19-15-,25-21-,26-22-,31-27-,34-32-,35-33-,39-37-,47-43-,58-54-. The molecule has 0 radical (unpaired) electrons. The van der Waals surface area contributed by atoms with E-state index in [2.05, 4.69) is 143 Å². The zero-order valence-corrected chi connectivity index (χ0v) is 64.1. The molecule has 0 aliphatic heterocycles. The number of phosphoric ester groups is 2. The van der Waals surface area contributed by atoms with E-state index in [9.17, 15) is 43.2 Å². The highest BCUT2D eigenvalue weighted by Gasteiger charge is 2.30. The number of hydrogen-bond donors (Lipinski definition) is 3. The first-order valence-electron chi connectivity index (χ1n) is 38.4. The Morgan fingerprint density at radius 3 is 0.900 bits per heavy atom. The maximum absolute atomic E-state index is 13.1. The highest BCUT2D eigenvalue weighted by atomic mass is 31.2. The molecule has 572 valence electrons. The molecule has 5 atom stereocenters. The third kappa shape index (κ3) is 71.6. The fourth-order valence-electron chi connectivity index (χ4n) is 9.83. The Morgan fingerprint density at radius 2 is 0.560 bits per heavy atom. The van der Waals surface area contributed by atoms with Crippen molar-refractivity contribution in [3.8, 4) is 0 Å². The van der Waals surface area contributed by atoms with Crippen LogP contribution in [0.4, 0.5) is 0 Å². The van der Waals surface area contributed by atoms with Crippen LogP contribution in [0.5, 0.6) is 0 Å². The van der Waals surface area contributed by atoms with Gasteiger partial charge in [-0.2, -0.15) is 0 Å². The normalized spacial score (nSPS) is 14.7. The van der Waals surface area contributed by atoms with Crippen molar-refractivity contribution in [3.05, 3.63) is 134 Å². The van der Waals surface area contributed by atoms with Crippen LogP contribution < -0.4 is 0 Å². The number of aliphatic hydroxyl groups is 1. The second kappa shape index (κ2) is 72.5. The number of ether oxygens (including phenoxy) is 4. The predicted molar refractivity (Wildman–Crippen MR) is 408 cm³/mol. The van der Waals surface area contributed by atoms with Gasteiger partial charge < -0.3 is 33.8 Å². The SMILES string of the molecule is CC/C=C\C/C=C\C/C=C\C/C=C\C/C=C\C/C=C\CCC(=O)OCC(COP(=O)(O)OCC(O)COP(=O)(O)OCC(COC(=O)CCCCCCC/C=C\C/C=C\CCC)OC(=O)CCCCCCCCCCCCC)OC(=O)CCCCCCCCC/C=C\C/C=C\C/C=C\CC. The van der Waals surface area contributed by atoms with Gasteiger partial charge in [-0.05, 0) is 122 Å². The first-order chi connectivity index (χ1) is 48.7. The van der Waals surface area contributed by atoms with Gasteiger partial charge in [0.15, 0.2) is 12.2 Å². The lowest BCUT2D eigenvalue weighted by atomic mass is 10.1. The molecule has 0 spiro atoms. The van der Waals surface area contributed by atoms with Gasteiger partial charge in [-0.1, -0.05) is 283 Å². The summed E-state index contributed by atoms with van der Waals surface area (Å²) in [6.07, 6.45) is 80.3. The van der Waals surface area contributed by atoms with E-state index in [4.69, 9.17) is 37.0 Å². The van der Waals surface area contributed by atoms with Gasteiger partial charge in [0.25, 0.3) is 0 Å². The van der Waals surface area contributed by atoms with Crippen molar-refractivity contribution in [2.75, 3.05) is 39.6 Å². The number of esters is 4. The van der Waals surface area contributed by atoms with Crippen molar-refractivity contribution in [1.29, 1.82) is 0 Å². The fraction of sp³-hybridized carbons (Fsp3) is 0.679. The maximum Gasteiger partial charge on any atom is 0.472 e. The molecule has 0 heterocycles. The molecule has 0 amide bonds. The van der Waals surface area contributed by atoms with Crippen molar-refractivity contribution in [2.24, 2.45) is 0 Å². The second-order valence-corrected chi connectivity index (χ2v) is 28.1. The van der Waals surface area contributed by atoms with Crippen molar-refractivity contribution in [1.82, 2.24) is 0 Å². The average molecular weight is 1440 g/mol. The Morgan fingerprint density at radius 1 is 0.290 bits per heavy atom. The molecule has 17 nitrogen and oxygen atoms in total. The van der Waals surface area contributed by atoms with Crippen LogP contribution in [0.3, 0.4) is 0 Å². The third-order valence-electron chi connectivity index (χ3n) is 15.6. The van der Waals surface area contributed by atoms with Crippen molar-refractivity contribution in [2.45, 2.75) is 316 Å². The quantitative estimate of drug-likeness (QED) is 0.0169. The first-order valence-corrected chi connectivity index (χ1v) is 41.4. The minimum atomic E-state index is -5.00. The Hall–Kier alpha value is -4.80. The van der Waals surface area contributed by atoms with Gasteiger partial charge in [0.2, 0.25) is 0 Å². The number of carbonyl (C=O) groups excluding carboxylic acids is 4. The van der Waals surface area contributed by atoms with Crippen LogP contribution in [-0.2, 0) is 65.4 Å². The van der Waals surface area contributed by atoms with Gasteiger partial charge in [-0.15, -0.1) is 0 Å². The molecule has 0 saturated carbocycles. The summed E-state index contributed by atoms with van der Waals surface area (Å²) in [4.78, 5) is 72.8. The van der Waals surface area contributed by atoms with Crippen LogP contribution in [0.2, 0.25) is 0 Å². The van der Waals surface area contributed by atoms with Gasteiger partial charge >= 0.3 is 39.5 Å². The number of allylic oxidation sites excluding steroid dienone is 22. The molecule has 0 saturated heterocycles. The van der Waals surface area contributed by atoms with E-state index >= 15 is 0 Å². The molecule has 0 rings (SSSR count). The van der Waals surface area contributed by atoms with Crippen LogP contribution in [0.25, 0.3) is 0 Å². The van der Waals surface area contributed by atoms with E-state index in [0.717, 1.165) is 173 Å². The largest absolute Gasteiger partial charge is 0.472 e. The summed E-state index contributed by atoms with van der Waals surface area (Å²) in [5.74, 6) is -2.30. The number of phosphoric acid groups is 2. The smallest absolute Gasteiger partial charge is 0.462 e. The lowest BCUT2D eigenvalue weighted by molar-refractivity contribution is -0.161. The molecule has 0 aromatic carbocycles. The summed E-state index contributed by atoms with van der Waals surface area (Å²) in [5.41, 5.74) is 0. The first kappa shape index (κ1) is 95.2. The number of unbranched alkanes of at least 4 members (excludes halogenated alkanes) is 23. The molecule has 5 unspecified atom stereocenters. The Labute approximate surface area is 605 Å². The zero-order valence-electron chi connectivity index (χ0n) is 62.3. The number of rotatable bonds is 71. The minimum absolute atomic E-state index is 0.0308. The molecular weight excluding hydrogens is 1310 g/mol. The predicted octanol–water partition coefficient (Wildman–Crippen LogP) is 22.1. The van der Waals surface area contributed by atoms with Crippen molar-refractivity contribution in [3.63, 3.8) is 0 Å². The molecule has 3 N–H and O–H groups in total. The van der Waals surface area contributed by atoms with Crippen LogP contribution in [0, 0.1) is 0 Å². The molecule has 100 heavy (non-hydrogen) atoms. The molecule has 0 aliphatic rings. The average Bonchev–Trinajstić information content (AvgIpc) is 0.930. The Bertz CT molecular complexity index is 2420. The zero-order chi connectivity index (χ0) is 73.2. The fourth-order valence-corrected chi connectivity index (χ4v) is 11.4. The Kier molecular flexibility index (Phi) is 69.1. The Balaban J connectivity index is 5.42. The van der Waals surface area contributed by atoms with Crippen molar-refractivity contribution >= 4 is 39.5 Å². The minimum Gasteiger partial charge on any atom is -0.462 e. The van der Waals surface area contributed by atoms with Crippen LogP contribution in [-0.4, -0.2) is 96.7 Å². The number of hydrogen-bond acceptors (Lipinski definition) is 15. The summed E-state index contributed by atoms with van der Waals surface area (Å²) < 4.78 is 68.4. The van der Waals surface area contributed by atoms with Gasteiger partial charge in [-0.3, -0.25) is 37.3 Å². The van der Waals surface area contributed by atoms with E-state index in [-0.39, 0.29) is 25.7 Å². The van der Waals surface area contributed by atoms with Gasteiger partial charge in [0, 0.05) is 25.7 Å². The van der Waals surface area contributed by atoms with Crippen LogP contribution >= 0.6 is 15.6 Å². The lowest BCUT2D eigenvalue weighted by Crippen LogP contribution is -2.30. The van der Waals surface area contributed by atoms with E-state index in [0.29, 0.717) is 32.1 Å². The van der Waals surface area contributed by atoms with E-state index in [1.165, 1.54) is 38.5 Å². The summed E-state index contributed by atoms with van der Waals surface area (Å²) in [7, 11) is -9.98. The molecule has 0 aliphatic carbocycles. The highest BCUT2D eigenvalue weighted by molar-refractivity contribution is 7.47. The molecule has 19 heteroatoms. The molecule has 0 aromatic heterocycles. The van der Waals surface area contributed by atoms with E-state index < -0.39 is 97.5 Å². The molecule has 0 bridgehead atoms. The van der Waals surface area contributed by atoms with E-state index in [1.54, 1.807) is 0 Å². The highest BCUT2D eigenvalue weighted by Crippen LogP contribution is 2.45. The summed E-state index contributed by atoms with van der Waals surface area (Å²) in [6.45, 7) is 4.46. The lowest BCUT2D eigenvalue weighted by Gasteiger charge is -2.21. The summed E-state index contributed by atoms with van der Waals surface area (Å²) in [6, 6.07) is 0. The van der Waals surface area contributed by atoms with Gasteiger partial charge in [-0.25, -0.2) is 9.13 Å². The monoisotopic (exact) mass is 1440 g/mol. The summed E-state index contributed by atoms with van der Waals surface area (Å²) >= 11 is 0. The summed E-state index contributed by atoms with van der Waals surface area (Å²) in [5, 5.41) is 10.6. The van der Waals surface area contributed by atoms with Crippen LogP contribution in [0.15, 0.2) is 134 Å². The molecule has 0 fully saturated rings. The maximum atomic E-state index is 13.1. The number of aliphatic hydroxyl groups excluding tert-OH is 1. The van der Waals surface area contributed by atoms with Gasteiger partial charge in [0.1, 0.15) is 19.3 Å². The van der Waals surface area contributed by atoms with E-state index in [1.807, 2.05) is 18.2 Å². The van der Waals surface area contributed by atoms with Crippen LogP contribution in [0.1, 0.15) is 297 Å². The topological polar surface area (TPSA) is 237 Å². The van der Waals surface area contributed by atoms with Gasteiger partial charge in [0.05, 0.1) is 26.4 Å². The molecular formula is C81H136O17P2.